The van der Waals surface area contributed by atoms with Crippen LogP contribution in [0.1, 0.15) is 40.5 Å². The molecule has 7 nitrogen and oxygen atoms in total. The van der Waals surface area contributed by atoms with Gasteiger partial charge in [0.15, 0.2) is 0 Å². The van der Waals surface area contributed by atoms with Crippen molar-refractivity contribution in [1.29, 1.82) is 0 Å². The molecule has 2 N–H and O–H groups in total. The third kappa shape index (κ3) is 3.75. The van der Waals surface area contributed by atoms with Crippen molar-refractivity contribution >= 4 is 22.6 Å². The standard InChI is InChI=1S/C20H18FN3O4/c1-2-3-10-24-19(27)15-9-6-13(11-16(15)20(24)28)18(26)23-22-17(25)12-4-7-14(21)8-5-12/h4-9,11,27-28H,2-3,10H2,1H3. The maximum Gasteiger partial charge on any atom is 0.295 e. The number of benzene rings is 2. The molecule has 0 aliphatic heterocycles. The van der Waals surface area contributed by atoms with Gasteiger partial charge in [0.05, 0.1) is 0 Å². The molecule has 144 valence electrons. The van der Waals surface area contributed by atoms with Crippen LogP contribution in [0.3, 0.4) is 0 Å². The number of azo groups is 1. The number of carbonyl (C=O) groups is 2. The number of aromatic hydroxyl groups is 2. The van der Waals surface area contributed by atoms with Crippen LogP contribution in [-0.2, 0) is 6.54 Å². The van der Waals surface area contributed by atoms with Crippen molar-refractivity contribution in [2.45, 2.75) is 26.3 Å². The number of fused-ring (bicyclic) bond motifs is 1. The lowest BCUT2D eigenvalue weighted by molar-refractivity contribution is 0.0947. The molecule has 0 saturated heterocycles. The average Bonchev–Trinajstić information content (AvgIpc) is 2.94. The van der Waals surface area contributed by atoms with Crippen LogP contribution in [0.15, 0.2) is 52.7 Å². The number of hydrogen-bond donors (Lipinski definition) is 2. The average molecular weight is 383 g/mol. The van der Waals surface area contributed by atoms with Gasteiger partial charge in [-0.1, -0.05) is 13.3 Å². The number of aromatic nitrogens is 1. The van der Waals surface area contributed by atoms with Crippen molar-refractivity contribution in [3.63, 3.8) is 0 Å². The van der Waals surface area contributed by atoms with Crippen molar-refractivity contribution in [2.24, 2.45) is 10.2 Å². The van der Waals surface area contributed by atoms with Crippen LogP contribution >= 0.6 is 0 Å². The highest BCUT2D eigenvalue weighted by molar-refractivity contribution is 6.03. The van der Waals surface area contributed by atoms with Gasteiger partial charge in [-0.05, 0) is 48.9 Å². The number of carbonyl (C=O) groups excluding carboxylic acids is 2. The monoisotopic (exact) mass is 383 g/mol. The van der Waals surface area contributed by atoms with Crippen molar-refractivity contribution in [3.8, 4) is 11.8 Å². The lowest BCUT2D eigenvalue weighted by Gasteiger charge is -2.04. The zero-order valence-electron chi connectivity index (χ0n) is 15.1. The summed E-state index contributed by atoms with van der Waals surface area (Å²) in [5.74, 6) is -2.27. The summed E-state index contributed by atoms with van der Waals surface area (Å²) in [4.78, 5) is 24.1. The summed E-state index contributed by atoms with van der Waals surface area (Å²) in [5.41, 5.74) is 0.204. The molecule has 1 aromatic heterocycles. The highest BCUT2D eigenvalue weighted by atomic mass is 19.1. The van der Waals surface area contributed by atoms with Gasteiger partial charge in [-0.25, -0.2) is 4.39 Å². The summed E-state index contributed by atoms with van der Waals surface area (Å²) in [6, 6.07) is 9.01. The third-order valence-electron chi connectivity index (χ3n) is 4.32. The summed E-state index contributed by atoms with van der Waals surface area (Å²) >= 11 is 0. The van der Waals surface area contributed by atoms with E-state index in [9.17, 15) is 24.2 Å². The highest BCUT2D eigenvalue weighted by Gasteiger charge is 2.17. The maximum atomic E-state index is 12.9. The summed E-state index contributed by atoms with van der Waals surface area (Å²) in [7, 11) is 0. The Kier molecular flexibility index (Phi) is 5.49. The van der Waals surface area contributed by atoms with E-state index < -0.39 is 17.6 Å². The van der Waals surface area contributed by atoms with E-state index in [4.69, 9.17) is 0 Å². The van der Waals surface area contributed by atoms with Gasteiger partial charge in [0, 0.05) is 28.4 Å². The van der Waals surface area contributed by atoms with Crippen molar-refractivity contribution in [2.75, 3.05) is 0 Å². The molecule has 1 heterocycles. The van der Waals surface area contributed by atoms with E-state index in [1.807, 2.05) is 6.92 Å². The van der Waals surface area contributed by atoms with Gasteiger partial charge in [0.1, 0.15) is 5.82 Å². The number of nitrogens with zero attached hydrogens (tertiary/aromatic N) is 3. The second-order valence-corrected chi connectivity index (χ2v) is 6.23. The first-order chi connectivity index (χ1) is 13.4. The number of amides is 2. The lowest BCUT2D eigenvalue weighted by atomic mass is 10.1. The molecular weight excluding hydrogens is 365 g/mol. The summed E-state index contributed by atoms with van der Waals surface area (Å²) in [6.45, 7) is 2.43. The molecule has 2 aromatic carbocycles. The van der Waals surface area contributed by atoms with Gasteiger partial charge in [-0.3, -0.25) is 14.2 Å². The Morgan fingerprint density at radius 2 is 1.50 bits per heavy atom. The Hall–Kier alpha value is -3.55. The second kappa shape index (κ2) is 7.99. The number of halogens is 1. The van der Waals surface area contributed by atoms with Crippen molar-refractivity contribution < 1.29 is 24.2 Å². The second-order valence-electron chi connectivity index (χ2n) is 6.23. The molecule has 0 unspecified atom stereocenters. The molecule has 8 heteroatoms. The molecule has 3 aromatic rings. The van der Waals surface area contributed by atoms with Crippen LogP contribution in [0, 0.1) is 5.82 Å². The summed E-state index contributed by atoms with van der Waals surface area (Å²) in [5, 5.41) is 28.1. The van der Waals surface area contributed by atoms with Gasteiger partial charge in [-0.15, -0.1) is 10.2 Å². The zero-order chi connectivity index (χ0) is 20.3. The van der Waals surface area contributed by atoms with Crippen molar-refractivity contribution in [1.82, 2.24) is 4.57 Å². The minimum Gasteiger partial charge on any atom is -0.494 e. The Balaban J connectivity index is 1.84. The topological polar surface area (TPSA) is 104 Å². The van der Waals surface area contributed by atoms with E-state index in [-0.39, 0.29) is 22.9 Å². The highest BCUT2D eigenvalue weighted by Crippen LogP contribution is 2.37. The molecule has 0 aliphatic carbocycles. The van der Waals surface area contributed by atoms with Crippen LogP contribution in [-0.4, -0.2) is 26.6 Å². The molecule has 2 amide bonds. The van der Waals surface area contributed by atoms with Crippen LogP contribution in [0.2, 0.25) is 0 Å². The van der Waals surface area contributed by atoms with Crippen LogP contribution < -0.4 is 0 Å². The van der Waals surface area contributed by atoms with Crippen LogP contribution in [0.5, 0.6) is 11.8 Å². The quantitative estimate of drug-likeness (QED) is 0.636. The Morgan fingerprint density at radius 1 is 0.929 bits per heavy atom. The van der Waals surface area contributed by atoms with E-state index in [2.05, 4.69) is 10.2 Å². The van der Waals surface area contributed by atoms with Gasteiger partial charge >= 0.3 is 0 Å². The van der Waals surface area contributed by atoms with Gasteiger partial charge < -0.3 is 10.2 Å². The lowest BCUT2D eigenvalue weighted by Crippen LogP contribution is -1.98. The fraction of sp³-hybridized carbons (Fsp3) is 0.200. The number of unbranched alkanes of at least 4 members (excludes halogenated alkanes) is 1. The smallest absolute Gasteiger partial charge is 0.295 e. The third-order valence-corrected chi connectivity index (χ3v) is 4.32. The number of rotatable bonds is 5. The van der Waals surface area contributed by atoms with Gasteiger partial charge in [0.2, 0.25) is 11.8 Å². The molecule has 0 radical (unpaired) electrons. The predicted octanol–water partition coefficient (Wildman–Crippen LogP) is 4.42. The molecule has 0 spiro atoms. The van der Waals surface area contributed by atoms with E-state index in [0.29, 0.717) is 17.3 Å². The largest absolute Gasteiger partial charge is 0.494 e. The van der Waals surface area contributed by atoms with E-state index in [1.54, 1.807) is 0 Å². The first-order valence-corrected chi connectivity index (χ1v) is 8.72. The minimum atomic E-state index is -0.780. The van der Waals surface area contributed by atoms with Crippen LogP contribution in [0.4, 0.5) is 4.39 Å². The summed E-state index contributed by atoms with van der Waals surface area (Å²) < 4.78 is 14.3. The van der Waals surface area contributed by atoms with Gasteiger partial charge in [-0.2, -0.15) is 0 Å². The normalized spacial score (nSPS) is 11.4. The minimum absolute atomic E-state index is 0.0759. The Morgan fingerprint density at radius 3 is 2.14 bits per heavy atom. The fourth-order valence-corrected chi connectivity index (χ4v) is 2.78. The Bertz CT molecular complexity index is 1070. The summed E-state index contributed by atoms with van der Waals surface area (Å²) in [6.07, 6.45) is 1.66. The SMILES string of the molecule is CCCCn1c(O)c2ccc(C(=O)N=NC(=O)c3ccc(F)cc3)cc2c1O. The number of hydrogen-bond acceptors (Lipinski definition) is 4. The Labute approximate surface area is 159 Å². The molecule has 0 saturated carbocycles. The van der Waals surface area contributed by atoms with Crippen molar-refractivity contribution in [3.05, 3.63) is 59.4 Å². The zero-order valence-corrected chi connectivity index (χ0v) is 15.1. The molecular formula is C20H18FN3O4. The predicted molar refractivity (Wildman–Crippen MR) is 100 cm³/mol. The maximum absolute atomic E-state index is 12.9. The van der Waals surface area contributed by atoms with E-state index >= 15 is 0 Å². The molecule has 3 rings (SSSR count). The first-order valence-electron chi connectivity index (χ1n) is 8.72. The molecule has 0 fully saturated rings. The van der Waals surface area contributed by atoms with Crippen LogP contribution in [0.25, 0.3) is 10.8 Å². The fourth-order valence-electron chi connectivity index (χ4n) is 2.78. The molecule has 0 bridgehead atoms. The van der Waals surface area contributed by atoms with Gasteiger partial charge in [0.25, 0.3) is 11.8 Å². The van der Waals surface area contributed by atoms with E-state index in [1.165, 1.54) is 34.9 Å². The molecule has 0 atom stereocenters. The van der Waals surface area contributed by atoms with E-state index in [0.717, 1.165) is 25.0 Å². The molecule has 0 aliphatic rings. The first kappa shape index (κ1) is 19.2. The molecule has 28 heavy (non-hydrogen) atoms.